The van der Waals surface area contributed by atoms with E-state index in [2.05, 4.69) is 11.4 Å². The van der Waals surface area contributed by atoms with E-state index in [4.69, 9.17) is 16.9 Å². The third-order valence-corrected chi connectivity index (χ3v) is 4.44. The molecule has 0 aliphatic rings. The van der Waals surface area contributed by atoms with Crippen molar-refractivity contribution in [3.63, 3.8) is 0 Å². The molecule has 0 unspecified atom stereocenters. The lowest BCUT2D eigenvalue weighted by Crippen LogP contribution is -2.31. The molecular weight excluding hydrogens is 298 g/mol. The van der Waals surface area contributed by atoms with Gasteiger partial charge in [0.15, 0.2) is 0 Å². The summed E-state index contributed by atoms with van der Waals surface area (Å²) in [4.78, 5) is 0. The molecule has 0 radical (unpaired) electrons. The average Bonchev–Trinajstić information content (AvgIpc) is 2.37. The maximum absolute atomic E-state index is 11.4. The van der Waals surface area contributed by atoms with Gasteiger partial charge in [-0.2, -0.15) is 5.26 Å². The second kappa shape index (κ2) is 7.48. The number of rotatable bonds is 7. The number of nitrogens with zero attached hydrogens (tertiary/aromatic N) is 2. The van der Waals surface area contributed by atoms with Crippen molar-refractivity contribution in [2.24, 2.45) is 0 Å². The minimum atomic E-state index is -3.15. The van der Waals surface area contributed by atoms with Gasteiger partial charge in [-0.1, -0.05) is 18.5 Å². The fourth-order valence-corrected chi connectivity index (χ4v) is 2.90. The fraction of sp³-hybridized carbons (Fsp3) is 0.462. The lowest BCUT2D eigenvalue weighted by atomic mass is 10.2. The van der Waals surface area contributed by atoms with Crippen LogP contribution in [0.4, 0.5) is 5.69 Å². The Morgan fingerprint density at radius 1 is 1.45 bits per heavy atom. The smallest absolute Gasteiger partial charge is 0.211 e. The van der Waals surface area contributed by atoms with Crippen molar-refractivity contribution in [2.75, 3.05) is 31.2 Å². The molecule has 0 saturated heterocycles. The quantitative estimate of drug-likeness (QED) is 0.784. The van der Waals surface area contributed by atoms with Crippen molar-refractivity contribution in [3.8, 4) is 6.07 Å². The summed E-state index contributed by atoms with van der Waals surface area (Å²) >= 11 is 5.88. The van der Waals surface area contributed by atoms with Crippen LogP contribution in [-0.2, 0) is 10.0 Å². The first-order chi connectivity index (χ1) is 9.38. The zero-order valence-corrected chi connectivity index (χ0v) is 13.1. The Hall–Kier alpha value is -1.29. The van der Waals surface area contributed by atoms with E-state index in [-0.39, 0.29) is 0 Å². The van der Waals surface area contributed by atoms with Gasteiger partial charge < -0.3 is 5.32 Å². The standard InChI is InChI=1S/C13H18ClN3O2S/c1-3-17(20(2,18)19)8-4-7-16-13-9-12(14)6-5-11(13)10-15/h5-6,9,16H,3-4,7-8H2,1-2H3. The number of hydrogen-bond acceptors (Lipinski definition) is 4. The Morgan fingerprint density at radius 3 is 2.70 bits per heavy atom. The SMILES string of the molecule is CCN(CCCNc1cc(Cl)ccc1C#N)S(C)(=O)=O. The Morgan fingerprint density at radius 2 is 2.15 bits per heavy atom. The molecule has 0 fully saturated rings. The van der Waals surface area contributed by atoms with Gasteiger partial charge in [-0.15, -0.1) is 0 Å². The molecule has 1 aromatic carbocycles. The van der Waals surface area contributed by atoms with E-state index in [0.717, 1.165) is 0 Å². The highest BCUT2D eigenvalue weighted by Gasteiger charge is 2.13. The van der Waals surface area contributed by atoms with E-state index in [0.29, 0.717) is 42.3 Å². The van der Waals surface area contributed by atoms with E-state index in [1.807, 2.05) is 0 Å². The lowest BCUT2D eigenvalue weighted by molar-refractivity contribution is 0.429. The Kier molecular flexibility index (Phi) is 6.27. The van der Waals surface area contributed by atoms with E-state index in [1.165, 1.54) is 10.6 Å². The van der Waals surface area contributed by atoms with E-state index < -0.39 is 10.0 Å². The van der Waals surface area contributed by atoms with Gasteiger partial charge in [0.2, 0.25) is 10.0 Å². The van der Waals surface area contributed by atoms with Crippen molar-refractivity contribution >= 4 is 27.3 Å². The van der Waals surface area contributed by atoms with Crippen LogP contribution in [0.2, 0.25) is 5.02 Å². The van der Waals surface area contributed by atoms with Gasteiger partial charge in [0, 0.05) is 24.7 Å². The highest BCUT2D eigenvalue weighted by Crippen LogP contribution is 2.20. The van der Waals surface area contributed by atoms with Crippen molar-refractivity contribution in [1.82, 2.24) is 4.31 Å². The molecule has 0 aliphatic heterocycles. The van der Waals surface area contributed by atoms with Crippen LogP contribution in [0.15, 0.2) is 18.2 Å². The number of nitriles is 1. The predicted molar refractivity (Wildman–Crippen MR) is 81.4 cm³/mol. The number of nitrogens with one attached hydrogen (secondary N) is 1. The number of halogens is 1. The molecule has 0 amide bonds. The number of sulfonamides is 1. The van der Waals surface area contributed by atoms with Crippen LogP contribution >= 0.6 is 11.6 Å². The third kappa shape index (κ3) is 5.00. The van der Waals surface area contributed by atoms with Crippen molar-refractivity contribution in [2.45, 2.75) is 13.3 Å². The molecule has 1 aromatic rings. The molecule has 20 heavy (non-hydrogen) atoms. The summed E-state index contributed by atoms with van der Waals surface area (Å²) in [6, 6.07) is 7.08. The summed E-state index contributed by atoms with van der Waals surface area (Å²) in [5, 5.41) is 12.6. The Bertz CT molecular complexity index is 596. The topological polar surface area (TPSA) is 73.2 Å². The molecule has 0 aromatic heterocycles. The molecule has 0 atom stereocenters. The van der Waals surface area contributed by atoms with Crippen molar-refractivity contribution in [1.29, 1.82) is 5.26 Å². The summed E-state index contributed by atoms with van der Waals surface area (Å²) in [5.74, 6) is 0. The van der Waals surface area contributed by atoms with Gasteiger partial charge in [-0.3, -0.25) is 0 Å². The van der Waals surface area contributed by atoms with Crippen LogP contribution in [0.25, 0.3) is 0 Å². The molecule has 1 rings (SSSR count). The van der Waals surface area contributed by atoms with Crippen LogP contribution in [-0.4, -0.2) is 38.6 Å². The highest BCUT2D eigenvalue weighted by molar-refractivity contribution is 7.88. The maximum atomic E-state index is 11.4. The molecule has 0 spiro atoms. The minimum Gasteiger partial charge on any atom is -0.384 e. The van der Waals surface area contributed by atoms with Gasteiger partial charge in [0.1, 0.15) is 6.07 Å². The largest absolute Gasteiger partial charge is 0.384 e. The van der Waals surface area contributed by atoms with E-state index in [9.17, 15) is 8.42 Å². The van der Waals surface area contributed by atoms with Crippen LogP contribution in [0.1, 0.15) is 18.9 Å². The van der Waals surface area contributed by atoms with Crippen LogP contribution in [0.3, 0.4) is 0 Å². The van der Waals surface area contributed by atoms with E-state index >= 15 is 0 Å². The molecule has 7 heteroatoms. The molecule has 1 N–H and O–H groups in total. The maximum Gasteiger partial charge on any atom is 0.211 e. The normalized spacial score (nSPS) is 11.3. The average molecular weight is 316 g/mol. The summed E-state index contributed by atoms with van der Waals surface area (Å²) in [6.45, 7) is 3.28. The van der Waals surface area contributed by atoms with Gasteiger partial charge in [-0.05, 0) is 24.6 Å². The predicted octanol–water partition coefficient (Wildman–Crippen LogP) is 2.30. The second-order valence-electron chi connectivity index (χ2n) is 4.34. The summed E-state index contributed by atoms with van der Waals surface area (Å²) in [5.41, 5.74) is 1.19. The molecular formula is C13H18ClN3O2S. The number of hydrogen-bond donors (Lipinski definition) is 1. The fourth-order valence-electron chi connectivity index (χ4n) is 1.80. The second-order valence-corrected chi connectivity index (χ2v) is 6.76. The van der Waals surface area contributed by atoms with Gasteiger partial charge in [-0.25, -0.2) is 12.7 Å². The Labute approximate surface area is 125 Å². The first-order valence-corrected chi connectivity index (χ1v) is 8.49. The first kappa shape index (κ1) is 16.8. The van der Waals surface area contributed by atoms with Gasteiger partial charge in [0.05, 0.1) is 17.5 Å². The molecule has 110 valence electrons. The lowest BCUT2D eigenvalue weighted by Gasteiger charge is -2.18. The Balaban J connectivity index is 2.54. The molecule has 5 nitrogen and oxygen atoms in total. The van der Waals surface area contributed by atoms with Crippen LogP contribution in [0, 0.1) is 11.3 Å². The molecule has 0 bridgehead atoms. The first-order valence-electron chi connectivity index (χ1n) is 6.27. The summed E-state index contributed by atoms with van der Waals surface area (Å²) in [6.07, 6.45) is 1.85. The summed E-state index contributed by atoms with van der Waals surface area (Å²) in [7, 11) is -3.15. The summed E-state index contributed by atoms with van der Waals surface area (Å²) < 4.78 is 24.2. The monoisotopic (exact) mass is 315 g/mol. The highest BCUT2D eigenvalue weighted by atomic mass is 35.5. The third-order valence-electron chi connectivity index (χ3n) is 2.82. The van der Waals surface area contributed by atoms with Crippen molar-refractivity contribution < 1.29 is 8.42 Å². The minimum absolute atomic E-state index is 0.449. The number of anilines is 1. The molecule has 0 saturated carbocycles. The number of benzene rings is 1. The zero-order chi connectivity index (χ0) is 15.2. The van der Waals surface area contributed by atoms with Crippen LogP contribution in [0.5, 0.6) is 0 Å². The van der Waals surface area contributed by atoms with Gasteiger partial charge >= 0.3 is 0 Å². The molecule has 0 aliphatic carbocycles. The van der Waals surface area contributed by atoms with Crippen molar-refractivity contribution in [3.05, 3.63) is 28.8 Å². The van der Waals surface area contributed by atoms with E-state index in [1.54, 1.807) is 25.1 Å². The zero-order valence-electron chi connectivity index (χ0n) is 11.6. The van der Waals surface area contributed by atoms with Crippen LogP contribution < -0.4 is 5.32 Å². The molecule has 0 heterocycles. The van der Waals surface area contributed by atoms with Gasteiger partial charge in [0.25, 0.3) is 0 Å².